The third-order valence-corrected chi connectivity index (χ3v) is 3.07. The van der Waals surface area contributed by atoms with Gasteiger partial charge in [0.2, 0.25) is 0 Å². The minimum Gasteiger partial charge on any atom is -0.370 e. The SMILES string of the molecule is NC(=NCc1ccccc1)NCC1CCC1. The van der Waals surface area contributed by atoms with Crippen molar-refractivity contribution in [3.05, 3.63) is 35.9 Å². The minimum absolute atomic E-state index is 0.566. The van der Waals surface area contributed by atoms with E-state index in [2.05, 4.69) is 22.4 Å². The molecule has 3 nitrogen and oxygen atoms in total. The van der Waals surface area contributed by atoms with Gasteiger partial charge in [-0.05, 0) is 24.3 Å². The van der Waals surface area contributed by atoms with Crippen LogP contribution in [-0.2, 0) is 6.54 Å². The van der Waals surface area contributed by atoms with E-state index in [1.807, 2.05) is 18.2 Å². The van der Waals surface area contributed by atoms with E-state index in [1.54, 1.807) is 0 Å². The lowest BCUT2D eigenvalue weighted by atomic mass is 9.85. The van der Waals surface area contributed by atoms with Gasteiger partial charge in [-0.2, -0.15) is 0 Å². The van der Waals surface area contributed by atoms with Crippen LogP contribution in [0.25, 0.3) is 0 Å². The minimum atomic E-state index is 0.566. The Morgan fingerprint density at radius 3 is 2.69 bits per heavy atom. The quantitative estimate of drug-likeness (QED) is 0.597. The van der Waals surface area contributed by atoms with Crippen molar-refractivity contribution >= 4 is 5.96 Å². The number of hydrogen-bond acceptors (Lipinski definition) is 1. The average molecular weight is 217 g/mol. The molecule has 16 heavy (non-hydrogen) atoms. The first-order chi connectivity index (χ1) is 7.84. The summed E-state index contributed by atoms with van der Waals surface area (Å²) in [6.45, 7) is 1.63. The number of aliphatic imine (C=N–C) groups is 1. The van der Waals surface area contributed by atoms with Gasteiger partial charge in [-0.15, -0.1) is 0 Å². The molecular weight excluding hydrogens is 198 g/mol. The summed E-state index contributed by atoms with van der Waals surface area (Å²) >= 11 is 0. The van der Waals surface area contributed by atoms with Gasteiger partial charge in [-0.1, -0.05) is 36.8 Å². The van der Waals surface area contributed by atoms with Crippen LogP contribution in [0, 0.1) is 5.92 Å². The van der Waals surface area contributed by atoms with Crippen LogP contribution in [0.15, 0.2) is 35.3 Å². The molecule has 0 saturated heterocycles. The number of nitrogens with zero attached hydrogens (tertiary/aromatic N) is 1. The molecule has 0 unspecified atom stereocenters. The first-order valence-corrected chi connectivity index (χ1v) is 5.92. The Kier molecular flexibility index (Phi) is 3.81. The molecule has 0 heterocycles. The summed E-state index contributed by atoms with van der Waals surface area (Å²) in [5.74, 6) is 1.38. The molecule has 0 amide bonds. The van der Waals surface area contributed by atoms with Crippen LogP contribution in [0.3, 0.4) is 0 Å². The van der Waals surface area contributed by atoms with Crippen LogP contribution >= 0.6 is 0 Å². The highest BCUT2D eigenvalue weighted by Gasteiger charge is 2.16. The number of rotatable bonds is 4. The molecule has 0 aliphatic heterocycles. The van der Waals surface area contributed by atoms with Crippen molar-refractivity contribution in [2.45, 2.75) is 25.8 Å². The molecule has 3 heteroatoms. The predicted octanol–water partition coefficient (Wildman–Crippen LogP) is 1.89. The van der Waals surface area contributed by atoms with Gasteiger partial charge < -0.3 is 11.1 Å². The van der Waals surface area contributed by atoms with Gasteiger partial charge in [0.25, 0.3) is 0 Å². The smallest absolute Gasteiger partial charge is 0.188 e. The van der Waals surface area contributed by atoms with Gasteiger partial charge in [0.15, 0.2) is 5.96 Å². The zero-order valence-corrected chi connectivity index (χ0v) is 9.52. The van der Waals surface area contributed by atoms with Gasteiger partial charge in [-0.3, -0.25) is 0 Å². The van der Waals surface area contributed by atoms with Crippen LogP contribution in [-0.4, -0.2) is 12.5 Å². The van der Waals surface area contributed by atoms with E-state index >= 15 is 0 Å². The monoisotopic (exact) mass is 217 g/mol. The van der Waals surface area contributed by atoms with Gasteiger partial charge in [0.05, 0.1) is 6.54 Å². The number of benzene rings is 1. The van der Waals surface area contributed by atoms with Crippen LogP contribution in [0.5, 0.6) is 0 Å². The zero-order chi connectivity index (χ0) is 11.2. The summed E-state index contributed by atoms with van der Waals surface area (Å²) in [6, 6.07) is 10.2. The molecule has 0 atom stereocenters. The fourth-order valence-corrected chi connectivity index (χ4v) is 1.76. The second-order valence-electron chi connectivity index (χ2n) is 4.36. The standard InChI is InChI=1S/C13H19N3/c14-13(16-10-12-7-4-8-12)15-9-11-5-2-1-3-6-11/h1-3,5-6,12H,4,7-10H2,(H3,14,15,16). The highest BCUT2D eigenvalue weighted by molar-refractivity contribution is 5.77. The largest absolute Gasteiger partial charge is 0.370 e. The van der Waals surface area contributed by atoms with Crippen LogP contribution < -0.4 is 11.1 Å². The number of hydrogen-bond donors (Lipinski definition) is 2. The Bertz CT molecular complexity index is 341. The van der Waals surface area contributed by atoms with Crippen molar-refractivity contribution < 1.29 is 0 Å². The van der Waals surface area contributed by atoms with Crippen molar-refractivity contribution in [1.29, 1.82) is 0 Å². The zero-order valence-electron chi connectivity index (χ0n) is 9.52. The van der Waals surface area contributed by atoms with Crippen LogP contribution in [0.2, 0.25) is 0 Å². The summed E-state index contributed by atoms with van der Waals surface area (Å²) in [7, 11) is 0. The van der Waals surface area contributed by atoms with Gasteiger partial charge >= 0.3 is 0 Å². The fourth-order valence-electron chi connectivity index (χ4n) is 1.76. The third-order valence-electron chi connectivity index (χ3n) is 3.07. The molecule has 1 fully saturated rings. The normalized spacial score (nSPS) is 16.9. The summed E-state index contributed by atoms with van der Waals surface area (Å²) in [5.41, 5.74) is 6.98. The molecule has 1 saturated carbocycles. The lowest BCUT2D eigenvalue weighted by Gasteiger charge is -2.25. The maximum absolute atomic E-state index is 5.79. The highest BCUT2D eigenvalue weighted by Crippen LogP contribution is 2.24. The van der Waals surface area contributed by atoms with Crippen molar-refractivity contribution in [3.63, 3.8) is 0 Å². The van der Waals surface area contributed by atoms with E-state index in [0.29, 0.717) is 12.5 Å². The van der Waals surface area contributed by atoms with E-state index in [-0.39, 0.29) is 0 Å². The maximum atomic E-state index is 5.79. The van der Waals surface area contributed by atoms with E-state index in [9.17, 15) is 0 Å². The topological polar surface area (TPSA) is 50.4 Å². The number of nitrogens with two attached hydrogens (primary N) is 1. The summed E-state index contributed by atoms with van der Waals surface area (Å²) in [6.07, 6.45) is 4.03. The summed E-state index contributed by atoms with van der Waals surface area (Å²) < 4.78 is 0. The molecule has 0 spiro atoms. The predicted molar refractivity (Wildman–Crippen MR) is 67.1 cm³/mol. The third kappa shape index (κ3) is 3.26. The Balaban J connectivity index is 1.73. The Hall–Kier alpha value is -1.51. The molecule has 3 N–H and O–H groups in total. The highest BCUT2D eigenvalue weighted by atomic mass is 15.1. The number of guanidine groups is 1. The van der Waals surface area contributed by atoms with Crippen LogP contribution in [0.1, 0.15) is 24.8 Å². The lowest BCUT2D eigenvalue weighted by molar-refractivity contribution is 0.315. The van der Waals surface area contributed by atoms with E-state index < -0.39 is 0 Å². The van der Waals surface area contributed by atoms with E-state index in [1.165, 1.54) is 24.8 Å². The molecular formula is C13H19N3. The lowest BCUT2D eigenvalue weighted by Crippen LogP contribution is -2.37. The van der Waals surface area contributed by atoms with Crippen molar-refractivity contribution in [2.24, 2.45) is 16.6 Å². The molecule has 0 aromatic heterocycles. The fraction of sp³-hybridized carbons (Fsp3) is 0.462. The molecule has 1 aromatic rings. The van der Waals surface area contributed by atoms with Crippen LogP contribution in [0.4, 0.5) is 0 Å². The molecule has 1 aliphatic carbocycles. The molecule has 86 valence electrons. The first kappa shape index (κ1) is 11.0. The average Bonchev–Trinajstić information content (AvgIpc) is 2.26. The molecule has 1 aromatic carbocycles. The molecule has 0 bridgehead atoms. The Morgan fingerprint density at radius 1 is 1.31 bits per heavy atom. The molecule has 2 rings (SSSR count). The van der Waals surface area contributed by atoms with Crippen molar-refractivity contribution in [2.75, 3.05) is 6.54 Å². The van der Waals surface area contributed by atoms with E-state index in [0.717, 1.165) is 12.5 Å². The molecule has 0 radical (unpaired) electrons. The second kappa shape index (κ2) is 5.54. The van der Waals surface area contributed by atoms with E-state index in [4.69, 9.17) is 5.73 Å². The first-order valence-electron chi connectivity index (χ1n) is 5.92. The maximum Gasteiger partial charge on any atom is 0.188 e. The Labute approximate surface area is 96.8 Å². The van der Waals surface area contributed by atoms with Crippen molar-refractivity contribution in [3.8, 4) is 0 Å². The molecule has 1 aliphatic rings. The Morgan fingerprint density at radius 2 is 2.06 bits per heavy atom. The van der Waals surface area contributed by atoms with Gasteiger partial charge in [-0.25, -0.2) is 4.99 Å². The van der Waals surface area contributed by atoms with Gasteiger partial charge in [0.1, 0.15) is 0 Å². The number of nitrogens with one attached hydrogen (secondary N) is 1. The van der Waals surface area contributed by atoms with Crippen molar-refractivity contribution in [1.82, 2.24) is 5.32 Å². The van der Waals surface area contributed by atoms with Gasteiger partial charge in [0, 0.05) is 6.54 Å². The summed E-state index contributed by atoms with van der Waals surface area (Å²) in [5, 5.41) is 3.18. The summed E-state index contributed by atoms with van der Waals surface area (Å²) in [4.78, 5) is 4.31. The second-order valence-corrected chi connectivity index (χ2v) is 4.36.